The number of sulfonamides is 1. The number of nitrogens with one attached hydrogen (secondary N) is 3. The molecule has 0 fully saturated rings. The number of carbonyl (C=O) groups excluding carboxylic acids is 1. The van der Waals surface area contributed by atoms with Gasteiger partial charge < -0.3 is 20.1 Å². The van der Waals surface area contributed by atoms with Gasteiger partial charge in [0.2, 0.25) is 10.0 Å². The highest BCUT2D eigenvalue weighted by molar-refractivity contribution is 9.10. The van der Waals surface area contributed by atoms with E-state index in [4.69, 9.17) is 9.47 Å². The summed E-state index contributed by atoms with van der Waals surface area (Å²) in [4.78, 5) is 12.3. The van der Waals surface area contributed by atoms with E-state index in [2.05, 4.69) is 31.3 Å². The van der Waals surface area contributed by atoms with Gasteiger partial charge in [-0.05, 0) is 45.0 Å². The molecule has 3 N–H and O–H groups in total. The molecule has 0 aliphatic rings. The lowest BCUT2D eigenvalue weighted by Gasteiger charge is -2.18. The van der Waals surface area contributed by atoms with E-state index >= 15 is 0 Å². The van der Waals surface area contributed by atoms with Crippen LogP contribution in [0.1, 0.15) is 26.3 Å². The molecular formula is C20H26BrN3O5S. The molecule has 10 heteroatoms. The fraction of sp³-hybridized carbons (Fsp3) is 0.350. The zero-order valence-corrected chi connectivity index (χ0v) is 19.5. The average Bonchev–Trinajstić information content (AvgIpc) is 2.69. The third kappa shape index (κ3) is 7.10. The van der Waals surface area contributed by atoms with Gasteiger partial charge in [0.05, 0.1) is 24.7 Å². The highest BCUT2D eigenvalue weighted by Gasteiger charge is 2.17. The molecule has 2 aromatic carbocycles. The first kappa shape index (κ1) is 23.8. The van der Waals surface area contributed by atoms with Gasteiger partial charge in [-0.1, -0.05) is 22.0 Å². The molecular weight excluding hydrogens is 474 g/mol. The lowest BCUT2D eigenvalue weighted by molar-refractivity contribution is 0.251. The van der Waals surface area contributed by atoms with Gasteiger partial charge in [-0.15, -0.1) is 0 Å². The second-order valence-corrected chi connectivity index (χ2v) is 9.07. The lowest BCUT2D eigenvalue weighted by Crippen LogP contribution is -2.28. The Balaban J connectivity index is 2.22. The molecule has 0 aliphatic heterocycles. The monoisotopic (exact) mass is 499 g/mol. The maximum absolute atomic E-state index is 12.3. The van der Waals surface area contributed by atoms with Crippen molar-refractivity contribution in [1.29, 1.82) is 0 Å². The third-order valence-electron chi connectivity index (χ3n) is 3.93. The van der Waals surface area contributed by atoms with Crippen molar-refractivity contribution in [1.82, 2.24) is 5.32 Å². The summed E-state index contributed by atoms with van der Waals surface area (Å²) >= 11 is 3.36. The van der Waals surface area contributed by atoms with Crippen molar-refractivity contribution in [3.8, 4) is 11.5 Å². The van der Waals surface area contributed by atoms with Gasteiger partial charge in [-0.3, -0.25) is 4.72 Å². The minimum absolute atomic E-state index is 0.0678. The fourth-order valence-corrected chi connectivity index (χ4v) is 3.58. The number of anilines is 2. The van der Waals surface area contributed by atoms with Gasteiger partial charge >= 0.3 is 6.03 Å². The number of amides is 2. The van der Waals surface area contributed by atoms with Crippen molar-refractivity contribution >= 4 is 43.4 Å². The van der Waals surface area contributed by atoms with Gasteiger partial charge in [-0.25, -0.2) is 13.2 Å². The molecule has 0 aliphatic carbocycles. The summed E-state index contributed by atoms with van der Waals surface area (Å²) in [7, 11) is -3.49. The van der Waals surface area contributed by atoms with Crippen molar-refractivity contribution in [2.75, 3.05) is 29.0 Å². The Bertz CT molecular complexity index is 982. The first-order valence-electron chi connectivity index (χ1n) is 9.51. The summed E-state index contributed by atoms with van der Waals surface area (Å²) in [6.45, 7) is 6.07. The Kier molecular flexibility index (Phi) is 8.79. The minimum atomic E-state index is -3.49. The van der Waals surface area contributed by atoms with E-state index in [1.807, 2.05) is 19.1 Å². The van der Waals surface area contributed by atoms with Crippen LogP contribution < -0.4 is 24.8 Å². The molecule has 0 unspecified atom stereocenters. The van der Waals surface area contributed by atoms with E-state index in [0.29, 0.717) is 41.7 Å². The number of carbonyl (C=O) groups is 1. The quantitative estimate of drug-likeness (QED) is 0.451. The Morgan fingerprint density at radius 1 is 1.03 bits per heavy atom. The van der Waals surface area contributed by atoms with Crippen molar-refractivity contribution in [2.24, 2.45) is 0 Å². The summed E-state index contributed by atoms with van der Waals surface area (Å²) in [6.07, 6.45) is 0. The number of rotatable bonds is 10. The van der Waals surface area contributed by atoms with E-state index in [1.54, 1.807) is 38.1 Å². The number of ether oxygens (including phenoxy) is 2. The van der Waals surface area contributed by atoms with Crippen LogP contribution in [0.2, 0.25) is 0 Å². The number of hydrogen-bond donors (Lipinski definition) is 3. The molecule has 0 aromatic heterocycles. The zero-order chi connectivity index (χ0) is 22.1. The molecule has 8 nitrogen and oxygen atoms in total. The number of hydrogen-bond acceptors (Lipinski definition) is 5. The topological polar surface area (TPSA) is 106 Å². The summed E-state index contributed by atoms with van der Waals surface area (Å²) in [5.41, 5.74) is 1.60. The van der Waals surface area contributed by atoms with Gasteiger partial charge in [0.25, 0.3) is 0 Å². The maximum atomic E-state index is 12.3. The zero-order valence-electron chi connectivity index (χ0n) is 17.1. The van der Waals surface area contributed by atoms with Crippen LogP contribution in [-0.2, 0) is 16.6 Å². The first-order chi connectivity index (χ1) is 14.3. The molecule has 0 atom stereocenters. The average molecular weight is 500 g/mol. The molecule has 164 valence electrons. The number of benzene rings is 2. The molecule has 0 spiro atoms. The van der Waals surface area contributed by atoms with Gasteiger partial charge in [0.15, 0.2) is 0 Å². The Labute approximate surface area is 185 Å². The van der Waals surface area contributed by atoms with Crippen LogP contribution >= 0.6 is 15.9 Å². The molecule has 30 heavy (non-hydrogen) atoms. The highest BCUT2D eigenvalue weighted by Crippen LogP contribution is 2.34. The Morgan fingerprint density at radius 3 is 2.37 bits per heavy atom. The Hall–Kier alpha value is -2.46. The van der Waals surface area contributed by atoms with Crippen LogP contribution in [0.4, 0.5) is 16.2 Å². The molecule has 2 rings (SSSR count). The fourth-order valence-electron chi connectivity index (χ4n) is 2.54. The van der Waals surface area contributed by atoms with E-state index in [-0.39, 0.29) is 18.3 Å². The third-order valence-corrected chi connectivity index (χ3v) is 5.71. The van der Waals surface area contributed by atoms with Crippen molar-refractivity contribution in [3.05, 3.63) is 46.4 Å². The molecule has 0 heterocycles. The second kappa shape index (κ2) is 11.1. The number of urea groups is 1. The molecule has 0 bridgehead atoms. The van der Waals surface area contributed by atoms with Crippen LogP contribution in [0.3, 0.4) is 0 Å². The Morgan fingerprint density at radius 2 is 1.73 bits per heavy atom. The first-order valence-corrected chi connectivity index (χ1v) is 12.0. The van der Waals surface area contributed by atoms with Gasteiger partial charge in [0, 0.05) is 28.3 Å². The molecule has 0 radical (unpaired) electrons. The van der Waals surface area contributed by atoms with Crippen molar-refractivity contribution < 1.29 is 22.7 Å². The van der Waals surface area contributed by atoms with Crippen LogP contribution in [0, 0.1) is 0 Å². The largest absolute Gasteiger partial charge is 0.493 e. The molecule has 2 amide bonds. The summed E-state index contributed by atoms with van der Waals surface area (Å²) < 4.78 is 38.7. The normalized spacial score (nSPS) is 10.9. The summed E-state index contributed by atoms with van der Waals surface area (Å²) in [5.74, 6) is 0.751. The van der Waals surface area contributed by atoms with E-state index < -0.39 is 10.0 Å². The van der Waals surface area contributed by atoms with Gasteiger partial charge in [0.1, 0.15) is 11.5 Å². The van der Waals surface area contributed by atoms with E-state index in [1.165, 1.54) is 0 Å². The molecule has 0 saturated heterocycles. The van der Waals surface area contributed by atoms with Crippen LogP contribution in [0.15, 0.2) is 40.9 Å². The van der Waals surface area contributed by atoms with Gasteiger partial charge in [-0.2, -0.15) is 0 Å². The smallest absolute Gasteiger partial charge is 0.319 e. The van der Waals surface area contributed by atoms with E-state index in [9.17, 15) is 13.2 Å². The molecule has 2 aromatic rings. The van der Waals surface area contributed by atoms with Crippen LogP contribution in [-0.4, -0.2) is 33.4 Å². The lowest BCUT2D eigenvalue weighted by atomic mass is 10.1. The summed E-state index contributed by atoms with van der Waals surface area (Å²) in [5, 5.41) is 5.52. The minimum Gasteiger partial charge on any atom is -0.493 e. The second-order valence-electron chi connectivity index (χ2n) is 6.15. The van der Waals surface area contributed by atoms with E-state index in [0.717, 1.165) is 4.47 Å². The van der Waals surface area contributed by atoms with Crippen LogP contribution in [0.5, 0.6) is 11.5 Å². The van der Waals surface area contributed by atoms with Crippen molar-refractivity contribution in [3.63, 3.8) is 0 Å². The number of halogens is 1. The standard InChI is InChI=1S/C20H26BrN3O5S/c1-4-28-18-12-17(24-30(26,27)6-3)19(29-5-2)10-14(18)13-22-20(25)23-16-9-7-8-15(21)11-16/h7-12,24H,4-6,13H2,1-3H3,(H2,22,23,25). The summed E-state index contributed by atoms with van der Waals surface area (Å²) in [6, 6.07) is 10.1. The van der Waals surface area contributed by atoms with Crippen molar-refractivity contribution in [2.45, 2.75) is 27.3 Å². The predicted molar refractivity (Wildman–Crippen MR) is 122 cm³/mol. The van der Waals surface area contributed by atoms with Crippen LogP contribution in [0.25, 0.3) is 0 Å². The maximum Gasteiger partial charge on any atom is 0.319 e. The predicted octanol–water partition coefficient (Wildman–Crippen LogP) is 4.33. The highest BCUT2D eigenvalue weighted by atomic mass is 79.9. The SMILES string of the molecule is CCOc1cc(NS(=O)(=O)CC)c(OCC)cc1CNC(=O)Nc1cccc(Br)c1. The molecule has 0 saturated carbocycles.